The van der Waals surface area contributed by atoms with E-state index in [2.05, 4.69) is 154 Å². The van der Waals surface area contributed by atoms with E-state index in [-0.39, 0.29) is 52.1 Å². The highest BCUT2D eigenvalue weighted by Crippen LogP contribution is 2.48. The molecule has 4 N–H and O–H groups in total. The Bertz CT molecular complexity index is 2400. The van der Waals surface area contributed by atoms with Crippen LogP contribution < -0.4 is 20.4 Å². The van der Waals surface area contributed by atoms with Gasteiger partial charge >= 0.3 is 0 Å². The fraction of sp³-hybridized carbons (Fsp3) is 0.589. The van der Waals surface area contributed by atoms with Gasteiger partial charge in [0.25, 0.3) is 0 Å². The second-order valence-corrected chi connectivity index (χ2v) is 23.1. The van der Waals surface area contributed by atoms with Crippen LogP contribution in [0.4, 0.5) is 11.6 Å². The average Bonchev–Trinajstić information content (AvgIpc) is 3.96. The van der Waals surface area contributed by atoms with Crippen molar-refractivity contribution in [2.75, 3.05) is 81.8 Å². The molecule has 4 atom stereocenters. The van der Waals surface area contributed by atoms with E-state index in [1.54, 1.807) is 0 Å². The number of aromatic nitrogens is 2. The molecule has 4 aromatic rings. The molecule has 2 aromatic carbocycles. The lowest BCUT2D eigenvalue weighted by Gasteiger charge is -2.42. The minimum Gasteiger partial charge on any atom is -0.391 e. The molecule has 1 amide bonds. The lowest BCUT2D eigenvalue weighted by molar-refractivity contribution is -0.135. The number of anilines is 2. The fourth-order valence-corrected chi connectivity index (χ4v) is 11.7. The number of hydrogen-bond acceptors (Lipinski definition) is 10. The molecule has 2 aromatic heterocycles. The maximum Gasteiger partial charge on any atom is 0.242 e. The Morgan fingerprint density at radius 2 is 1.01 bits per heavy atom. The summed E-state index contributed by atoms with van der Waals surface area (Å²) < 4.78 is 0. The van der Waals surface area contributed by atoms with Gasteiger partial charge in [-0.3, -0.25) is 9.69 Å². The molecule has 4 fully saturated rings. The van der Waals surface area contributed by atoms with Gasteiger partial charge in [-0.05, 0) is 132 Å². The monoisotopic (exact) mass is 947 g/mol. The van der Waals surface area contributed by atoms with Gasteiger partial charge in [0, 0.05) is 76.1 Å². The van der Waals surface area contributed by atoms with Crippen molar-refractivity contribution in [1.82, 2.24) is 30.4 Å². The molecule has 0 radical (unpaired) electrons. The van der Waals surface area contributed by atoms with Gasteiger partial charge in [0.1, 0.15) is 17.7 Å². The summed E-state index contributed by atoms with van der Waals surface area (Å²) in [6.45, 7) is 28.3. The summed E-state index contributed by atoms with van der Waals surface area (Å²) in [5, 5.41) is 26.8. The molecule has 4 saturated heterocycles. The van der Waals surface area contributed by atoms with Crippen molar-refractivity contribution in [3.8, 4) is 22.5 Å². The molecule has 2 aliphatic carbocycles. The topological polar surface area (TPSA) is 120 Å². The summed E-state index contributed by atoms with van der Waals surface area (Å²) in [5.41, 5.74) is 11.2. The van der Waals surface area contributed by atoms with Crippen LogP contribution in [0.1, 0.15) is 116 Å². The molecule has 12 heteroatoms. The van der Waals surface area contributed by atoms with Gasteiger partial charge in [-0.1, -0.05) is 91.8 Å². The Balaban J connectivity index is 0.000000181. The zero-order chi connectivity index (χ0) is 47.3. The molecule has 68 heavy (non-hydrogen) atoms. The van der Waals surface area contributed by atoms with Crippen molar-refractivity contribution in [2.45, 2.75) is 140 Å². The number of halogens is 1. The van der Waals surface area contributed by atoms with E-state index in [0.717, 1.165) is 81.8 Å². The van der Waals surface area contributed by atoms with Gasteiger partial charge in [-0.25, -0.2) is 9.97 Å². The number of nitrogens with one attached hydrogen (secondary N) is 2. The summed E-state index contributed by atoms with van der Waals surface area (Å²) in [6, 6.07) is 26.4. The van der Waals surface area contributed by atoms with Crippen molar-refractivity contribution < 1.29 is 15.0 Å². The molecule has 6 aliphatic rings. The Labute approximate surface area is 412 Å². The number of pyridine rings is 2. The van der Waals surface area contributed by atoms with Gasteiger partial charge in [0.15, 0.2) is 0 Å². The van der Waals surface area contributed by atoms with Crippen LogP contribution in [-0.4, -0.2) is 132 Å². The number of amides is 1. The van der Waals surface area contributed by atoms with Crippen LogP contribution in [0.5, 0.6) is 0 Å². The second kappa shape index (κ2) is 20.0. The minimum atomic E-state index is -0.573. The summed E-state index contributed by atoms with van der Waals surface area (Å²) in [7, 11) is 0. The number of fused-ring (bicyclic) bond motifs is 2. The van der Waals surface area contributed by atoms with Crippen LogP contribution in [0, 0.1) is 0 Å². The van der Waals surface area contributed by atoms with Gasteiger partial charge in [0.2, 0.25) is 5.91 Å². The first-order valence-corrected chi connectivity index (χ1v) is 25.5. The van der Waals surface area contributed by atoms with E-state index in [4.69, 9.17) is 9.97 Å². The third-order valence-electron chi connectivity index (χ3n) is 16.6. The van der Waals surface area contributed by atoms with E-state index in [9.17, 15) is 15.0 Å². The Morgan fingerprint density at radius 3 is 1.46 bits per heavy atom. The predicted octanol–water partition coefficient (Wildman–Crippen LogP) is 7.83. The summed E-state index contributed by atoms with van der Waals surface area (Å²) in [6.07, 6.45) is 5.61. The zero-order valence-electron chi connectivity index (χ0n) is 42.2. The smallest absolute Gasteiger partial charge is 0.242 e. The normalized spacial score (nSPS) is 25.9. The molecule has 10 rings (SSSR count). The zero-order valence-corrected chi connectivity index (χ0v) is 43.0. The van der Waals surface area contributed by atoms with Crippen molar-refractivity contribution in [1.29, 1.82) is 0 Å². The molecule has 0 unspecified atom stereocenters. The molecule has 0 spiro atoms. The molecule has 6 heterocycles. The van der Waals surface area contributed by atoms with Crippen LogP contribution in [0.15, 0.2) is 72.8 Å². The van der Waals surface area contributed by atoms with Crippen molar-refractivity contribution >= 4 is 29.9 Å². The highest BCUT2D eigenvalue weighted by atomic mass is 35.5. The van der Waals surface area contributed by atoms with E-state index in [1.807, 2.05) is 4.90 Å². The Hall–Kier alpha value is -4.10. The van der Waals surface area contributed by atoms with Gasteiger partial charge in [-0.2, -0.15) is 0 Å². The largest absolute Gasteiger partial charge is 0.391 e. The Kier molecular flexibility index (Phi) is 14.8. The lowest BCUT2D eigenvalue weighted by Crippen LogP contribution is -2.55. The Morgan fingerprint density at radius 1 is 0.574 bits per heavy atom. The fourth-order valence-electron chi connectivity index (χ4n) is 11.7. The van der Waals surface area contributed by atoms with Crippen LogP contribution >= 0.6 is 12.4 Å². The number of aliphatic hydroxyl groups excluding tert-OH is 2. The average molecular weight is 948 g/mol. The number of carbonyl (C=O) groups excluding carboxylic acids is 1. The highest BCUT2D eigenvalue weighted by Gasteiger charge is 2.39. The SMILES string of the molecule is CC1(C)CCC(C)(C)c2cc(-c3cccc(N4CCN(C(=O)[C@H]5NCC[C@@H]5O)CC4)n3)ccc21.CC1(C)CCC(C)(C)c2cc(-c3cccc(N4CCN(C[C@H]5NCC[C@@H]5O)CC4)n3)ccc21.Cl. The number of benzene rings is 2. The molecule has 368 valence electrons. The van der Waals surface area contributed by atoms with Crippen molar-refractivity contribution in [3.63, 3.8) is 0 Å². The third kappa shape index (κ3) is 10.5. The maximum absolute atomic E-state index is 12.8. The van der Waals surface area contributed by atoms with Gasteiger partial charge in [0.05, 0.1) is 23.6 Å². The molecular formula is C56H79ClN8O3. The summed E-state index contributed by atoms with van der Waals surface area (Å²) >= 11 is 0. The number of rotatable bonds is 7. The third-order valence-corrected chi connectivity index (χ3v) is 16.6. The highest BCUT2D eigenvalue weighted by molar-refractivity contribution is 5.85. The first-order chi connectivity index (χ1) is 31.9. The number of nitrogens with zero attached hydrogens (tertiary/aromatic N) is 6. The summed E-state index contributed by atoms with van der Waals surface area (Å²) in [5.74, 6) is 2.05. The first-order valence-electron chi connectivity index (χ1n) is 25.5. The van der Waals surface area contributed by atoms with E-state index < -0.39 is 12.1 Å². The van der Waals surface area contributed by atoms with Crippen molar-refractivity contribution in [3.05, 3.63) is 95.1 Å². The predicted molar refractivity (Wildman–Crippen MR) is 279 cm³/mol. The number of piperazine rings is 2. The van der Waals surface area contributed by atoms with Gasteiger partial charge < -0.3 is 35.5 Å². The van der Waals surface area contributed by atoms with Gasteiger partial charge in [-0.15, -0.1) is 12.4 Å². The second-order valence-electron chi connectivity index (χ2n) is 23.1. The summed E-state index contributed by atoms with van der Waals surface area (Å²) in [4.78, 5) is 31.9. The molecule has 11 nitrogen and oxygen atoms in total. The quantitative estimate of drug-likeness (QED) is 0.146. The molecule has 0 saturated carbocycles. The molecular weight excluding hydrogens is 868 g/mol. The number of carbonyl (C=O) groups is 1. The molecule has 0 bridgehead atoms. The maximum atomic E-state index is 12.8. The minimum absolute atomic E-state index is 0. The number of aliphatic hydroxyl groups is 2. The van der Waals surface area contributed by atoms with E-state index in [0.29, 0.717) is 26.1 Å². The standard InChI is InChI=1S/C28H38N4O2.C28H40N4O.ClH/c1-27(2)11-12-28(3,4)21-18-19(8-9-20(21)27)22-6-5-7-24(30-22)31-14-16-32(17-15-31)26(34)25-23(33)10-13-29-25;1-27(2)11-12-28(3,4)22-18-20(8-9-21(22)27)23-6-5-7-26(30-23)32-16-14-31(15-17-32)19-24-25(33)10-13-29-24;/h5-9,18,23,25,29,33H,10-17H2,1-4H3;5-9,18,24-25,29,33H,10-17,19H2,1-4H3;1H/t23-,25-;24-,25+;/m01./s1. The lowest BCUT2D eigenvalue weighted by atomic mass is 9.63. The molecule has 4 aliphatic heterocycles. The van der Waals surface area contributed by atoms with Crippen LogP contribution in [0.25, 0.3) is 22.5 Å². The van der Waals surface area contributed by atoms with Crippen LogP contribution in [-0.2, 0) is 26.5 Å². The van der Waals surface area contributed by atoms with E-state index in [1.165, 1.54) is 59.1 Å². The van der Waals surface area contributed by atoms with Crippen LogP contribution in [0.3, 0.4) is 0 Å². The first kappa shape index (κ1) is 50.3. The van der Waals surface area contributed by atoms with Crippen molar-refractivity contribution in [2.24, 2.45) is 0 Å². The van der Waals surface area contributed by atoms with Crippen LogP contribution in [0.2, 0.25) is 0 Å². The van der Waals surface area contributed by atoms with E-state index >= 15 is 0 Å². The number of hydrogen-bond donors (Lipinski definition) is 4.